The van der Waals surface area contributed by atoms with E-state index >= 15 is 0 Å². The molecule has 5 rings (SSSR count). The first kappa shape index (κ1) is 26.5. The van der Waals surface area contributed by atoms with Crippen LogP contribution in [0.25, 0.3) is 11.0 Å². The number of carbonyl (C=O) groups is 3. The lowest BCUT2D eigenvalue weighted by Gasteiger charge is -2.39. The highest BCUT2D eigenvalue weighted by atomic mass is 19.4. The monoisotopic (exact) mass is 553 g/mol. The first-order valence-corrected chi connectivity index (χ1v) is 11.8. The summed E-state index contributed by atoms with van der Waals surface area (Å²) in [5.41, 5.74) is -0.749. The van der Waals surface area contributed by atoms with Gasteiger partial charge in [0, 0.05) is 36.5 Å². The number of nitrogens with one attached hydrogen (secondary N) is 2. The Bertz CT molecular complexity index is 1650. The minimum absolute atomic E-state index is 0.0128. The number of halogens is 3. The molecule has 1 atom stereocenters. The molecule has 3 aromatic carbocycles. The molecule has 1 aliphatic rings. The summed E-state index contributed by atoms with van der Waals surface area (Å²) < 4.78 is 51.1. The maximum absolute atomic E-state index is 13.9. The van der Waals surface area contributed by atoms with E-state index in [4.69, 9.17) is 4.74 Å². The summed E-state index contributed by atoms with van der Waals surface area (Å²) >= 11 is 0. The van der Waals surface area contributed by atoms with Crippen LogP contribution >= 0.6 is 0 Å². The molecular formula is C27H22F3N5O5. The molecule has 206 valence electrons. The number of imidazole rings is 1. The predicted molar refractivity (Wildman–Crippen MR) is 139 cm³/mol. The van der Waals surface area contributed by atoms with Gasteiger partial charge in [0.1, 0.15) is 0 Å². The Morgan fingerprint density at radius 1 is 1.05 bits per heavy atom. The average Bonchev–Trinajstić information content (AvgIpc) is 3.43. The smallest absolute Gasteiger partial charge is 0.453 e. The fourth-order valence-electron chi connectivity index (χ4n) is 4.62. The third-order valence-corrected chi connectivity index (χ3v) is 6.40. The number of methoxy groups -OCH3 is 1. The molecule has 0 saturated heterocycles. The Morgan fingerprint density at radius 2 is 1.80 bits per heavy atom. The fourth-order valence-corrected chi connectivity index (χ4v) is 4.62. The fraction of sp³-hybridized carbons (Fsp3) is 0.185. The van der Waals surface area contributed by atoms with Gasteiger partial charge < -0.3 is 19.4 Å². The van der Waals surface area contributed by atoms with Gasteiger partial charge in [-0.3, -0.25) is 15.0 Å². The van der Waals surface area contributed by atoms with Crippen LogP contribution in [0.4, 0.5) is 35.3 Å². The van der Waals surface area contributed by atoms with Gasteiger partial charge in [0.15, 0.2) is 0 Å². The molecule has 2 amide bonds. The van der Waals surface area contributed by atoms with Crippen LogP contribution in [0, 0.1) is 0 Å². The van der Waals surface area contributed by atoms with Crippen molar-refractivity contribution in [2.75, 3.05) is 36.3 Å². The molecule has 1 aromatic heterocycles. The van der Waals surface area contributed by atoms with Crippen LogP contribution < -0.4 is 15.1 Å². The summed E-state index contributed by atoms with van der Waals surface area (Å²) in [4.78, 5) is 47.9. The van der Waals surface area contributed by atoms with Crippen LogP contribution in [-0.2, 0) is 20.0 Å². The summed E-state index contributed by atoms with van der Waals surface area (Å²) in [6, 6.07) is 16.8. The van der Waals surface area contributed by atoms with E-state index in [1.54, 1.807) is 49.3 Å². The molecule has 10 nitrogen and oxygen atoms in total. The van der Waals surface area contributed by atoms with E-state index in [2.05, 4.69) is 20.0 Å². The van der Waals surface area contributed by atoms with E-state index < -0.39 is 29.9 Å². The number of rotatable bonds is 5. The van der Waals surface area contributed by atoms with Gasteiger partial charge in [0.05, 0.1) is 23.8 Å². The van der Waals surface area contributed by atoms with Crippen molar-refractivity contribution in [3.63, 3.8) is 0 Å². The van der Waals surface area contributed by atoms with Crippen molar-refractivity contribution in [2.24, 2.45) is 0 Å². The molecule has 0 spiro atoms. The Balaban J connectivity index is 1.79. The number of hydrogen-bond donors (Lipinski definition) is 2. The molecule has 13 heteroatoms. The van der Waals surface area contributed by atoms with Gasteiger partial charge in [-0.2, -0.15) is 13.2 Å². The van der Waals surface area contributed by atoms with Crippen molar-refractivity contribution in [1.29, 1.82) is 0 Å². The van der Waals surface area contributed by atoms with E-state index in [9.17, 15) is 27.6 Å². The van der Waals surface area contributed by atoms with E-state index in [0.717, 1.165) is 4.90 Å². The largest absolute Gasteiger partial charge is 0.491 e. The van der Waals surface area contributed by atoms with Gasteiger partial charge in [0.25, 0.3) is 5.91 Å². The van der Waals surface area contributed by atoms with Gasteiger partial charge in [-0.1, -0.05) is 30.3 Å². The third-order valence-electron chi connectivity index (χ3n) is 6.40. The van der Waals surface area contributed by atoms with Crippen molar-refractivity contribution in [2.45, 2.75) is 11.9 Å². The van der Waals surface area contributed by atoms with Crippen molar-refractivity contribution in [3.8, 4) is 0 Å². The summed E-state index contributed by atoms with van der Waals surface area (Å²) in [5.74, 6) is -3.14. The molecule has 0 saturated carbocycles. The van der Waals surface area contributed by atoms with E-state index in [-0.39, 0.29) is 33.8 Å². The highest BCUT2D eigenvalue weighted by Crippen LogP contribution is 2.49. The number of aromatic nitrogens is 2. The molecule has 1 unspecified atom stereocenters. The number of carbonyl (C=O) groups excluding carboxylic acids is 3. The minimum atomic E-state index is -5.36. The highest BCUT2D eigenvalue weighted by Gasteiger charge is 2.58. The normalized spacial score (nSPS) is 16.6. The van der Waals surface area contributed by atoms with E-state index in [1.807, 2.05) is 0 Å². The number of H-pyrrole nitrogens is 1. The standard InChI is InChI=1S/C27H22F3N5O5/c1-34(2)16-7-6-8-17(14-16)35-22(36)18-9-4-5-10-19(18)26(35,40-23(37)27(28,29)30)15-11-12-20-21(13-15)32-24(31-20)33-25(38)39-3/h4-14H,1-3H3,(H2,31,32,33,38). The summed E-state index contributed by atoms with van der Waals surface area (Å²) in [5, 5.41) is 2.37. The number of fused-ring (bicyclic) bond motifs is 2. The van der Waals surface area contributed by atoms with Crippen LogP contribution in [0.2, 0.25) is 0 Å². The van der Waals surface area contributed by atoms with Gasteiger partial charge in [-0.05, 0) is 36.4 Å². The third kappa shape index (κ3) is 4.34. The average molecular weight is 553 g/mol. The second-order valence-corrected chi connectivity index (χ2v) is 9.07. The van der Waals surface area contributed by atoms with Crippen LogP contribution in [-0.4, -0.2) is 55.3 Å². The summed E-state index contributed by atoms with van der Waals surface area (Å²) in [7, 11) is 4.70. The maximum atomic E-state index is 13.9. The van der Waals surface area contributed by atoms with Gasteiger partial charge in [0.2, 0.25) is 11.7 Å². The molecule has 2 N–H and O–H groups in total. The number of aromatic amines is 1. The molecule has 40 heavy (non-hydrogen) atoms. The van der Waals surface area contributed by atoms with Crippen molar-refractivity contribution in [3.05, 3.63) is 83.4 Å². The lowest BCUT2D eigenvalue weighted by Crippen LogP contribution is -2.50. The first-order valence-electron chi connectivity index (χ1n) is 11.8. The van der Waals surface area contributed by atoms with Gasteiger partial charge in [-0.25, -0.2) is 14.6 Å². The number of amides is 2. The van der Waals surface area contributed by atoms with Crippen molar-refractivity contribution >= 4 is 46.3 Å². The lowest BCUT2D eigenvalue weighted by atomic mass is 9.92. The van der Waals surface area contributed by atoms with Crippen LogP contribution in [0.3, 0.4) is 0 Å². The number of benzene rings is 3. The Morgan fingerprint density at radius 3 is 2.50 bits per heavy atom. The quantitative estimate of drug-likeness (QED) is 0.342. The van der Waals surface area contributed by atoms with Gasteiger partial charge in [-0.15, -0.1) is 0 Å². The van der Waals surface area contributed by atoms with E-state index in [1.165, 1.54) is 43.5 Å². The molecule has 4 aromatic rings. The summed E-state index contributed by atoms with van der Waals surface area (Å²) in [6.45, 7) is 0. The minimum Gasteiger partial charge on any atom is -0.453 e. The maximum Gasteiger partial charge on any atom is 0.491 e. The number of nitrogens with zero attached hydrogens (tertiary/aromatic N) is 3. The number of alkyl halides is 3. The Kier molecular flexibility index (Phi) is 6.36. The molecule has 2 heterocycles. The second-order valence-electron chi connectivity index (χ2n) is 9.07. The number of hydrogen-bond acceptors (Lipinski definition) is 7. The van der Waals surface area contributed by atoms with Crippen LogP contribution in [0.15, 0.2) is 66.7 Å². The first-order chi connectivity index (χ1) is 19.0. The van der Waals surface area contributed by atoms with Crippen LogP contribution in [0.5, 0.6) is 0 Å². The van der Waals surface area contributed by atoms with Crippen LogP contribution in [0.1, 0.15) is 21.5 Å². The molecule has 1 aliphatic heterocycles. The zero-order valence-corrected chi connectivity index (χ0v) is 21.4. The highest BCUT2D eigenvalue weighted by molar-refractivity contribution is 6.13. The zero-order chi connectivity index (χ0) is 28.8. The van der Waals surface area contributed by atoms with E-state index in [0.29, 0.717) is 11.2 Å². The van der Waals surface area contributed by atoms with Crippen molar-refractivity contribution < 1.29 is 37.0 Å². The lowest BCUT2D eigenvalue weighted by molar-refractivity contribution is -0.211. The topological polar surface area (TPSA) is 117 Å². The molecule has 0 aliphatic carbocycles. The molecule has 0 bridgehead atoms. The molecular weight excluding hydrogens is 531 g/mol. The number of anilines is 3. The Hall–Kier alpha value is -5.07. The summed E-state index contributed by atoms with van der Waals surface area (Å²) in [6.07, 6.45) is -6.16. The van der Waals surface area contributed by atoms with Gasteiger partial charge >= 0.3 is 18.2 Å². The SMILES string of the molecule is COC(=O)Nc1nc2ccc(C3(OC(=O)C(F)(F)F)c4ccccc4C(=O)N3c3cccc(N(C)C)c3)cc2[nH]1. The Labute approximate surface area is 225 Å². The predicted octanol–water partition coefficient (Wildman–Crippen LogP) is 4.77. The zero-order valence-electron chi connectivity index (χ0n) is 21.4. The number of ether oxygens (including phenoxy) is 2. The molecule has 0 fully saturated rings. The molecule has 0 radical (unpaired) electrons. The number of esters is 1. The second kappa shape index (κ2) is 9.59. The van der Waals surface area contributed by atoms with Crippen molar-refractivity contribution in [1.82, 2.24) is 9.97 Å².